The number of rotatable bonds is 2. The van der Waals surface area contributed by atoms with Gasteiger partial charge in [-0.2, -0.15) is 0 Å². The van der Waals surface area contributed by atoms with E-state index in [0.29, 0.717) is 0 Å². The topological polar surface area (TPSA) is 77.4 Å². The molecule has 0 amide bonds. The number of halogens is 1. The van der Waals surface area contributed by atoms with Crippen LogP contribution < -0.4 is 29.6 Å². The molecule has 0 aliphatic carbocycles. The third kappa shape index (κ3) is 8.74. The maximum absolute atomic E-state index is 9.75. The van der Waals surface area contributed by atoms with E-state index in [-0.39, 0.29) is 40.8 Å². The van der Waals surface area contributed by atoms with Crippen molar-refractivity contribution < 1.29 is 47.6 Å². The van der Waals surface area contributed by atoms with Crippen molar-refractivity contribution in [3.8, 4) is 0 Å². The Balaban J connectivity index is 0. The van der Waals surface area contributed by atoms with Crippen LogP contribution in [0.25, 0.3) is 0 Å². The minimum Gasteiger partial charge on any atom is -0.744 e. The molecule has 0 rings (SSSR count). The van der Waals surface area contributed by atoms with Crippen molar-refractivity contribution in [2.75, 3.05) is 5.88 Å². The van der Waals surface area contributed by atoms with Crippen molar-refractivity contribution in [3.63, 3.8) is 0 Å². The molecule has 4 nitrogen and oxygen atoms in total. The van der Waals surface area contributed by atoms with Crippen molar-refractivity contribution in [2.24, 2.45) is 0 Å². The van der Waals surface area contributed by atoms with E-state index in [4.69, 9.17) is 16.7 Å². The van der Waals surface area contributed by atoms with Crippen molar-refractivity contribution in [3.05, 3.63) is 11.2 Å². The Morgan fingerprint density at radius 3 is 2.20 bits per heavy atom. The summed E-state index contributed by atoms with van der Waals surface area (Å²) in [6, 6.07) is 0. The zero-order valence-corrected chi connectivity index (χ0v) is 8.82. The summed E-state index contributed by atoms with van der Waals surface area (Å²) in [6.07, 6.45) is 0. The molecule has 0 aliphatic rings. The minimum absolute atomic E-state index is 0. The van der Waals surface area contributed by atoms with Crippen molar-refractivity contribution in [1.29, 1.82) is 0 Å². The zero-order chi connectivity index (χ0) is 7.49. The molecule has 0 aromatic carbocycles. The second-order valence-corrected chi connectivity index (χ2v) is 2.72. The third-order valence-corrected chi connectivity index (χ3v) is 1.25. The second kappa shape index (κ2) is 5.40. The number of aliphatic hydroxyl groups excluding tert-OH is 1. The average Bonchev–Trinajstić information content (AvgIpc) is 1.62. The SMILES string of the molecule is O=S(=O)([O-])/C=C(\O)CCl.[Na+]. The van der Waals surface area contributed by atoms with Gasteiger partial charge in [0.25, 0.3) is 0 Å². The molecule has 0 aliphatic heterocycles. The van der Waals surface area contributed by atoms with Crippen LogP contribution in [0.3, 0.4) is 0 Å². The first-order chi connectivity index (χ1) is 3.95. The molecular formula is C3H4ClNaO4S. The van der Waals surface area contributed by atoms with E-state index in [1.807, 2.05) is 0 Å². The molecule has 0 aromatic heterocycles. The van der Waals surface area contributed by atoms with Gasteiger partial charge in [-0.25, -0.2) is 8.42 Å². The van der Waals surface area contributed by atoms with Crippen LogP contribution in [-0.4, -0.2) is 24.0 Å². The summed E-state index contributed by atoms with van der Waals surface area (Å²) < 4.78 is 29.2. The van der Waals surface area contributed by atoms with Crippen LogP contribution in [-0.2, 0) is 10.1 Å². The Hall–Kier alpha value is 0.740. The summed E-state index contributed by atoms with van der Waals surface area (Å²) in [4.78, 5) is 0. The van der Waals surface area contributed by atoms with E-state index >= 15 is 0 Å². The van der Waals surface area contributed by atoms with Crippen molar-refractivity contribution >= 4 is 21.7 Å². The van der Waals surface area contributed by atoms with Gasteiger partial charge >= 0.3 is 29.6 Å². The van der Waals surface area contributed by atoms with Gasteiger partial charge < -0.3 is 9.66 Å². The largest absolute Gasteiger partial charge is 1.00 e. The van der Waals surface area contributed by atoms with E-state index in [9.17, 15) is 13.0 Å². The van der Waals surface area contributed by atoms with Gasteiger partial charge in [-0.05, 0) is 0 Å². The number of aliphatic hydroxyl groups is 1. The molecular weight excluding hydrogens is 191 g/mol. The zero-order valence-electron chi connectivity index (χ0n) is 5.24. The standard InChI is InChI=1S/C3H5ClO4S.Na/c4-1-3(5)2-9(6,7)8;/h2,5H,1H2,(H,6,7,8);/q;+1/p-1/b3-2-;. The Kier molecular flexibility index (Phi) is 7.20. The molecule has 0 aromatic rings. The molecule has 0 atom stereocenters. The third-order valence-electron chi connectivity index (χ3n) is 0.417. The predicted molar refractivity (Wildman–Crippen MR) is 31.1 cm³/mol. The van der Waals surface area contributed by atoms with Gasteiger partial charge in [0.15, 0.2) is 0 Å². The van der Waals surface area contributed by atoms with E-state index < -0.39 is 15.9 Å². The molecule has 0 unspecified atom stereocenters. The first kappa shape index (κ1) is 13.3. The summed E-state index contributed by atoms with van der Waals surface area (Å²) in [7, 11) is -4.48. The smallest absolute Gasteiger partial charge is 0.744 e. The summed E-state index contributed by atoms with van der Waals surface area (Å²) >= 11 is 4.94. The molecule has 0 radical (unpaired) electrons. The van der Waals surface area contributed by atoms with Gasteiger partial charge in [-0.3, -0.25) is 0 Å². The number of allylic oxidation sites excluding steroid dienone is 1. The van der Waals surface area contributed by atoms with Crippen molar-refractivity contribution in [1.82, 2.24) is 0 Å². The first-order valence-electron chi connectivity index (χ1n) is 1.87. The predicted octanol–water partition coefficient (Wildman–Crippen LogP) is -2.83. The van der Waals surface area contributed by atoms with E-state index in [1.165, 1.54) is 0 Å². The fourth-order valence-electron chi connectivity index (χ4n) is 0.198. The maximum Gasteiger partial charge on any atom is 1.00 e. The van der Waals surface area contributed by atoms with E-state index in [2.05, 4.69) is 0 Å². The Bertz CT molecular complexity index is 209. The van der Waals surface area contributed by atoms with Gasteiger partial charge in [0.2, 0.25) is 0 Å². The van der Waals surface area contributed by atoms with Crippen LogP contribution in [0.5, 0.6) is 0 Å². The fraction of sp³-hybridized carbons (Fsp3) is 0.333. The van der Waals surface area contributed by atoms with Gasteiger partial charge in [0, 0.05) is 0 Å². The summed E-state index contributed by atoms with van der Waals surface area (Å²) in [5, 5.41) is 8.51. The molecule has 0 bridgehead atoms. The van der Waals surface area contributed by atoms with E-state index in [1.54, 1.807) is 0 Å². The second-order valence-electron chi connectivity index (χ2n) is 1.24. The Morgan fingerprint density at radius 1 is 1.70 bits per heavy atom. The van der Waals surface area contributed by atoms with Crippen LogP contribution in [0.15, 0.2) is 11.2 Å². The molecule has 0 heterocycles. The van der Waals surface area contributed by atoms with E-state index in [0.717, 1.165) is 0 Å². The molecule has 0 saturated heterocycles. The fourth-order valence-corrected chi connectivity index (χ4v) is 0.783. The van der Waals surface area contributed by atoms with Crippen LogP contribution in [0, 0.1) is 0 Å². The minimum atomic E-state index is -4.48. The first-order valence-corrected chi connectivity index (χ1v) is 3.87. The Labute approximate surface area is 85.9 Å². The molecule has 1 N–H and O–H groups in total. The van der Waals surface area contributed by atoms with Gasteiger partial charge in [-0.1, -0.05) is 0 Å². The molecule has 0 fully saturated rings. The number of hydrogen-bond acceptors (Lipinski definition) is 4. The van der Waals surface area contributed by atoms with Gasteiger partial charge in [0.1, 0.15) is 15.9 Å². The summed E-state index contributed by atoms with van der Waals surface area (Å²) in [5.74, 6) is -1.02. The quantitative estimate of drug-likeness (QED) is 0.223. The number of alkyl halides is 1. The Morgan fingerprint density at radius 2 is 2.10 bits per heavy atom. The number of hydrogen-bond donors (Lipinski definition) is 1. The van der Waals surface area contributed by atoms with Crippen LogP contribution in [0.2, 0.25) is 0 Å². The van der Waals surface area contributed by atoms with Crippen molar-refractivity contribution in [2.45, 2.75) is 0 Å². The normalized spacial score (nSPS) is 12.4. The summed E-state index contributed by atoms with van der Waals surface area (Å²) in [6.45, 7) is 0. The van der Waals surface area contributed by atoms with Gasteiger partial charge in [-0.15, -0.1) is 11.6 Å². The van der Waals surface area contributed by atoms with Gasteiger partial charge in [0.05, 0.1) is 11.3 Å². The molecule has 0 saturated carbocycles. The van der Waals surface area contributed by atoms with Crippen LogP contribution in [0.1, 0.15) is 0 Å². The van der Waals surface area contributed by atoms with Crippen LogP contribution >= 0.6 is 11.6 Å². The molecule has 54 valence electrons. The molecule has 10 heavy (non-hydrogen) atoms. The van der Waals surface area contributed by atoms with Crippen LogP contribution in [0.4, 0.5) is 0 Å². The average molecular weight is 195 g/mol. The summed E-state index contributed by atoms with van der Waals surface area (Å²) in [5.41, 5.74) is 0. The maximum atomic E-state index is 9.75. The molecule has 7 heteroatoms. The monoisotopic (exact) mass is 194 g/mol. The molecule has 0 spiro atoms.